The van der Waals surface area contributed by atoms with Crippen LogP contribution >= 0.6 is 0 Å². The molecule has 0 bridgehead atoms. The van der Waals surface area contributed by atoms with Crippen LogP contribution in [0.2, 0.25) is 0 Å². The molecule has 3 N–H and O–H groups in total. The van der Waals surface area contributed by atoms with Gasteiger partial charge in [0, 0.05) is 6.20 Å². The molecular weight excluding hydrogens is 260 g/mol. The molecule has 0 atom stereocenters. The molecule has 20 heavy (non-hydrogen) atoms. The zero-order valence-electron chi connectivity index (χ0n) is 11.1. The van der Waals surface area contributed by atoms with Crippen LogP contribution in [0.3, 0.4) is 0 Å². The van der Waals surface area contributed by atoms with Crippen LogP contribution in [0.5, 0.6) is 5.75 Å². The van der Waals surface area contributed by atoms with Crippen molar-refractivity contribution in [1.29, 1.82) is 0 Å². The summed E-state index contributed by atoms with van der Waals surface area (Å²) in [5.41, 5.74) is -1.19. The van der Waals surface area contributed by atoms with Gasteiger partial charge in [0.1, 0.15) is 11.3 Å². The lowest BCUT2D eigenvalue weighted by atomic mass is 9.90. The number of carbonyl (C=O) groups is 2. The van der Waals surface area contributed by atoms with E-state index >= 15 is 0 Å². The third-order valence-corrected chi connectivity index (χ3v) is 3.76. The van der Waals surface area contributed by atoms with Crippen molar-refractivity contribution in [3.8, 4) is 5.75 Å². The first-order chi connectivity index (χ1) is 9.55. The van der Waals surface area contributed by atoms with Crippen molar-refractivity contribution in [3.63, 3.8) is 0 Å². The molecule has 6 heteroatoms. The largest absolute Gasteiger partial charge is 0.505 e. The highest BCUT2D eigenvalue weighted by Crippen LogP contribution is 2.28. The van der Waals surface area contributed by atoms with Crippen LogP contribution in [0.4, 0.5) is 0 Å². The Kier molecular flexibility index (Phi) is 4.22. The van der Waals surface area contributed by atoms with E-state index < -0.39 is 17.4 Å². The van der Waals surface area contributed by atoms with Crippen molar-refractivity contribution in [2.45, 2.75) is 44.1 Å². The Morgan fingerprint density at radius 1 is 1.20 bits per heavy atom. The van der Waals surface area contributed by atoms with Gasteiger partial charge in [0.2, 0.25) is 0 Å². The summed E-state index contributed by atoms with van der Waals surface area (Å²) in [5.74, 6) is -1.84. The topological polar surface area (TPSA) is 99.5 Å². The number of aromatic nitrogens is 1. The van der Waals surface area contributed by atoms with Crippen LogP contribution in [0.1, 0.15) is 48.9 Å². The molecule has 1 saturated carbocycles. The van der Waals surface area contributed by atoms with E-state index in [9.17, 15) is 19.8 Å². The number of amides is 1. The maximum atomic E-state index is 12.2. The highest BCUT2D eigenvalue weighted by atomic mass is 16.4. The molecule has 1 aliphatic rings. The fourth-order valence-corrected chi connectivity index (χ4v) is 2.59. The molecule has 1 aromatic heterocycles. The molecule has 1 aromatic rings. The first kappa shape index (κ1) is 14.3. The number of aliphatic carboxylic acids is 1. The van der Waals surface area contributed by atoms with E-state index in [1.807, 2.05) is 0 Å². The van der Waals surface area contributed by atoms with E-state index in [1.54, 1.807) is 0 Å². The minimum absolute atomic E-state index is 0.0462. The average Bonchev–Trinajstić information content (AvgIpc) is 2.65. The molecule has 1 amide bonds. The quantitative estimate of drug-likeness (QED) is 0.731. The number of nitrogens with one attached hydrogen (secondary N) is 1. The van der Waals surface area contributed by atoms with Gasteiger partial charge in [-0.3, -0.25) is 9.78 Å². The van der Waals surface area contributed by atoms with Gasteiger partial charge in [-0.15, -0.1) is 0 Å². The Bertz CT molecular complexity index is 508. The van der Waals surface area contributed by atoms with E-state index in [2.05, 4.69) is 10.3 Å². The number of rotatable bonds is 3. The van der Waals surface area contributed by atoms with Crippen molar-refractivity contribution in [1.82, 2.24) is 10.3 Å². The lowest BCUT2D eigenvalue weighted by Crippen LogP contribution is -2.54. The Hall–Kier alpha value is -2.11. The second kappa shape index (κ2) is 5.90. The highest BCUT2D eigenvalue weighted by Gasteiger charge is 2.40. The summed E-state index contributed by atoms with van der Waals surface area (Å²) in [6.45, 7) is 0. The number of aromatic hydroxyl groups is 1. The molecular formula is C14H18N2O4. The van der Waals surface area contributed by atoms with Crippen molar-refractivity contribution >= 4 is 11.9 Å². The number of carbonyl (C=O) groups excluding carboxylic acids is 1. The molecule has 1 heterocycles. The van der Waals surface area contributed by atoms with Gasteiger partial charge >= 0.3 is 5.97 Å². The van der Waals surface area contributed by atoms with Crippen LogP contribution in [0, 0.1) is 0 Å². The standard InChI is InChI=1S/C14H18N2O4/c17-11-9-15-8-5-10(11)12(18)16-14(13(19)20)6-3-1-2-4-7-14/h5,8-9,17H,1-4,6-7H2,(H,16,18)(H,19,20). The summed E-state index contributed by atoms with van der Waals surface area (Å²) < 4.78 is 0. The summed E-state index contributed by atoms with van der Waals surface area (Å²) in [7, 11) is 0. The van der Waals surface area contributed by atoms with Gasteiger partial charge in [-0.1, -0.05) is 25.7 Å². The lowest BCUT2D eigenvalue weighted by Gasteiger charge is -2.29. The van der Waals surface area contributed by atoms with Gasteiger partial charge < -0.3 is 15.5 Å². The number of carboxylic acid groups (broad SMARTS) is 1. The average molecular weight is 278 g/mol. The predicted octanol–water partition coefficient (Wildman–Crippen LogP) is 1.69. The third kappa shape index (κ3) is 2.89. The Morgan fingerprint density at radius 3 is 2.40 bits per heavy atom. The normalized spacial score (nSPS) is 18.0. The highest BCUT2D eigenvalue weighted by molar-refractivity contribution is 5.99. The SMILES string of the molecule is O=C(NC1(C(=O)O)CCCCCC1)c1ccncc1O. The lowest BCUT2D eigenvalue weighted by molar-refractivity contribution is -0.145. The molecule has 6 nitrogen and oxygen atoms in total. The van der Waals surface area contributed by atoms with Crippen molar-refractivity contribution in [2.24, 2.45) is 0 Å². The minimum Gasteiger partial charge on any atom is -0.505 e. The molecule has 1 fully saturated rings. The van der Waals surface area contributed by atoms with Gasteiger partial charge in [-0.05, 0) is 18.9 Å². The number of carboxylic acids is 1. The number of nitrogens with zero attached hydrogens (tertiary/aromatic N) is 1. The van der Waals surface area contributed by atoms with Gasteiger partial charge in [0.05, 0.1) is 11.8 Å². The van der Waals surface area contributed by atoms with Crippen LogP contribution in [0.15, 0.2) is 18.5 Å². The first-order valence-electron chi connectivity index (χ1n) is 6.74. The predicted molar refractivity (Wildman–Crippen MR) is 71.4 cm³/mol. The summed E-state index contributed by atoms with van der Waals surface area (Å²) in [5, 5.41) is 21.7. The summed E-state index contributed by atoms with van der Waals surface area (Å²) >= 11 is 0. The summed E-state index contributed by atoms with van der Waals surface area (Å²) in [4.78, 5) is 27.5. The van der Waals surface area contributed by atoms with Gasteiger partial charge in [0.15, 0.2) is 0 Å². The van der Waals surface area contributed by atoms with Crippen LogP contribution < -0.4 is 5.32 Å². The van der Waals surface area contributed by atoms with Crippen molar-refractivity contribution in [2.75, 3.05) is 0 Å². The second-order valence-corrected chi connectivity index (χ2v) is 5.15. The van der Waals surface area contributed by atoms with Crippen LogP contribution in [-0.2, 0) is 4.79 Å². The summed E-state index contributed by atoms with van der Waals surface area (Å²) in [6, 6.07) is 1.37. The van der Waals surface area contributed by atoms with E-state index in [1.165, 1.54) is 12.3 Å². The minimum atomic E-state index is -1.23. The zero-order chi connectivity index (χ0) is 14.6. The number of hydrogen-bond acceptors (Lipinski definition) is 4. The van der Waals surface area contributed by atoms with Gasteiger partial charge in [-0.2, -0.15) is 0 Å². The molecule has 0 saturated heterocycles. The second-order valence-electron chi connectivity index (χ2n) is 5.15. The maximum Gasteiger partial charge on any atom is 0.329 e. The van der Waals surface area contributed by atoms with E-state index in [4.69, 9.17) is 0 Å². The Balaban J connectivity index is 2.22. The van der Waals surface area contributed by atoms with Crippen LogP contribution in [-0.4, -0.2) is 32.6 Å². The number of hydrogen-bond donors (Lipinski definition) is 3. The first-order valence-corrected chi connectivity index (χ1v) is 6.74. The summed E-state index contributed by atoms with van der Waals surface area (Å²) in [6.07, 6.45) is 6.88. The van der Waals surface area contributed by atoms with Crippen molar-refractivity contribution < 1.29 is 19.8 Å². The fraction of sp³-hybridized carbons (Fsp3) is 0.500. The number of pyridine rings is 1. The third-order valence-electron chi connectivity index (χ3n) is 3.76. The maximum absolute atomic E-state index is 12.2. The van der Waals surface area contributed by atoms with E-state index in [0.717, 1.165) is 31.9 Å². The van der Waals surface area contributed by atoms with E-state index in [0.29, 0.717) is 12.8 Å². The molecule has 0 unspecified atom stereocenters. The van der Waals surface area contributed by atoms with Gasteiger partial charge in [-0.25, -0.2) is 4.79 Å². The monoisotopic (exact) mass is 278 g/mol. The molecule has 108 valence electrons. The Labute approximate surface area is 116 Å². The molecule has 1 aliphatic carbocycles. The molecule has 0 aliphatic heterocycles. The van der Waals surface area contributed by atoms with E-state index in [-0.39, 0.29) is 11.3 Å². The fourth-order valence-electron chi connectivity index (χ4n) is 2.59. The van der Waals surface area contributed by atoms with Gasteiger partial charge in [0.25, 0.3) is 5.91 Å². The zero-order valence-corrected chi connectivity index (χ0v) is 11.1. The molecule has 0 radical (unpaired) electrons. The molecule has 0 aromatic carbocycles. The Morgan fingerprint density at radius 2 is 1.85 bits per heavy atom. The van der Waals surface area contributed by atoms with Crippen molar-refractivity contribution in [3.05, 3.63) is 24.0 Å². The smallest absolute Gasteiger partial charge is 0.329 e. The molecule has 2 rings (SSSR count). The van der Waals surface area contributed by atoms with Crippen LogP contribution in [0.25, 0.3) is 0 Å². The molecule has 0 spiro atoms.